The summed E-state index contributed by atoms with van der Waals surface area (Å²) in [4.78, 5) is 102. The number of aryl methyl sites for hydroxylation is 1. The van der Waals surface area contributed by atoms with E-state index in [1.807, 2.05) is 66.7 Å². The van der Waals surface area contributed by atoms with Crippen LogP contribution in [0, 0.1) is 0 Å². The van der Waals surface area contributed by atoms with Crippen molar-refractivity contribution in [1.82, 2.24) is 36.9 Å². The molecule has 0 aliphatic heterocycles. The molecule has 0 aliphatic rings. The molecule has 5 aromatic carbocycles. The Labute approximate surface area is 463 Å². The van der Waals surface area contributed by atoms with E-state index in [0.29, 0.717) is 36.0 Å². The molecule has 6 aromatic rings. The summed E-state index contributed by atoms with van der Waals surface area (Å²) in [5.74, 6) is -5.43. The standard InChI is InChI=1S/C57H69N9O10S2/c1-33(67)51(57(76)65-49(32-78)56(75)62-46(27-34-16-21-39(68)22-17-34)50(70)25-20-37-11-8-10-36-9-2-3-12-41(36)37)66-53(72)45(15-6-7-26-58)61-55(74)48(29-38-30-60-44-14-5-4-13-42(38)44)64-54(73)47(63-52(71)43(59)31-77)28-35-18-23-40(69)24-19-35/h2-5,8-14,16-19,21-24,30,33,43,45-49,51,60,67-69,77-78H,6-7,15,20,25-29,31-32,58-59H2,1H3,(H,61,74)(H,62,75)(H,63,71)(H,64,73)(H,65,76)(H,66,72)/t33-,43?,45?,46-,47?,48-,49-,51+/m1/s1. The molecule has 1 heterocycles. The van der Waals surface area contributed by atoms with Crippen molar-refractivity contribution >= 4 is 88.2 Å². The summed E-state index contributed by atoms with van der Waals surface area (Å²) in [6.07, 6.45) is 1.29. The van der Waals surface area contributed by atoms with Gasteiger partial charge >= 0.3 is 0 Å². The summed E-state index contributed by atoms with van der Waals surface area (Å²) in [6.45, 7) is 1.51. The zero-order valence-corrected chi connectivity index (χ0v) is 45.0. The van der Waals surface area contributed by atoms with Gasteiger partial charge in [-0.05, 0) is 109 Å². The molecule has 0 saturated carbocycles. The van der Waals surface area contributed by atoms with E-state index in [1.165, 1.54) is 31.2 Å². The summed E-state index contributed by atoms with van der Waals surface area (Å²) in [6, 6.07) is 24.0. The number of aromatic nitrogens is 1. The first-order valence-electron chi connectivity index (χ1n) is 25.8. The first-order valence-corrected chi connectivity index (χ1v) is 27.0. The number of carbonyl (C=O) groups excluding carboxylic acids is 7. The number of Topliss-reactive ketones (excluding diaryl/α,β-unsaturated/α-hetero) is 1. The number of aliphatic hydroxyl groups excluding tert-OH is 1. The monoisotopic (exact) mass is 1100 g/mol. The molecule has 0 aliphatic carbocycles. The van der Waals surface area contributed by atoms with Gasteiger partial charge in [-0.25, -0.2) is 0 Å². The number of fused-ring (bicyclic) bond motifs is 2. The Balaban J connectivity index is 1.19. The van der Waals surface area contributed by atoms with Crippen molar-refractivity contribution in [3.05, 3.63) is 144 Å². The molecule has 0 radical (unpaired) electrons. The zero-order chi connectivity index (χ0) is 56.3. The zero-order valence-electron chi connectivity index (χ0n) is 43.2. The molecule has 0 bridgehead atoms. The van der Waals surface area contributed by atoms with Crippen LogP contribution in [0.2, 0.25) is 0 Å². The maximum absolute atomic E-state index is 14.6. The minimum absolute atomic E-state index is 0.0104. The maximum atomic E-state index is 14.6. The number of aliphatic hydroxyl groups is 1. The van der Waals surface area contributed by atoms with E-state index in [0.717, 1.165) is 27.2 Å². The van der Waals surface area contributed by atoms with Crippen molar-refractivity contribution in [2.24, 2.45) is 11.5 Å². The molecule has 414 valence electrons. The fourth-order valence-corrected chi connectivity index (χ4v) is 9.34. The average molecular weight is 1100 g/mol. The SMILES string of the molecule is C[C@@H](O)[C@H](NC(=O)C(CCCCN)NC(=O)[C@@H](Cc1c[nH]c2ccccc12)NC(=O)C(Cc1ccc(O)cc1)NC(=O)C(N)CS)C(=O)N[C@H](CS)C(=O)N[C@H](Cc1ccc(O)cc1)C(=O)CCc1cccc2ccccc12. The third-order valence-corrected chi connectivity index (χ3v) is 14.1. The van der Waals surface area contributed by atoms with E-state index in [4.69, 9.17) is 11.5 Å². The van der Waals surface area contributed by atoms with Crippen LogP contribution in [-0.4, -0.2) is 128 Å². The fourth-order valence-electron chi connectivity index (χ4n) is 8.92. The molecule has 78 heavy (non-hydrogen) atoms. The lowest BCUT2D eigenvalue weighted by atomic mass is 9.95. The molecule has 0 saturated heterocycles. The van der Waals surface area contributed by atoms with Crippen LogP contribution in [0.5, 0.6) is 11.5 Å². The molecule has 14 N–H and O–H groups in total. The number of H-pyrrole nitrogens is 1. The minimum atomic E-state index is -1.67. The molecule has 19 nitrogen and oxygen atoms in total. The van der Waals surface area contributed by atoms with Crippen molar-refractivity contribution < 1.29 is 48.9 Å². The first-order chi connectivity index (χ1) is 37.5. The summed E-state index contributed by atoms with van der Waals surface area (Å²) in [5.41, 5.74) is 15.3. The number of nitrogens with two attached hydrogens (primary N) is 2. The number of amides is 6. The summed E-state index contributed by atoms with van der Waals surface area (Å²) >= 11 is 8.47. The van der Waals surface area contributed by atoms with Gasteiger partial charge < -0.3 is 63.7 Å². The van der Waals surface area contributed by atoms with Crippen molar-refractivity contribution in [1.29, 1.82) is 0 Å². The number of thiol groups is 2. The molecular formula is C57H69N9O10S2. The number of nitrogens with one attached hydrogen (secondary N) is 7. The van der Waals surface area contributed by atoms with Crippen LogP contribution >= 0.6 is 25.3 Å². The molecule has 8 atom stereocenters. The predicted molar refractivity (Wildman–Crippen MR) is 305 cm³/mol. The highest BCUT2D eigenvalue weighted by molar-refractivity contribution is 7.80. The van der Waals surface area contributed by atoms with Gasteiger partial charge in [0.25, 0.3) is 0 Å². The Kier molecular flexibility index (Phi) is 22.5. The van der Waals surface area contributed by atoms with Crippen LogP contribution in [0.1, 0.15) is 54.9 Å². The van der Waals surface area contributed by atoms with E-state index in [2.05, 4.69) is 62.1 Å². The molecule has 6 rings (SSSR count). The Morgan fingerprint density at radius 2 is 1.08 bits per heavy atom. The maximum Gasteiger partial charge on any atom is 0.245 e. The topological polar surface area (TPSA) is 320 Å². The number of para-hydroxylation sites is 1. The number of ketones is 1. The Hall–Kier alpha value is -7.43. The highest BCUT2D eigenvalue weighted by Gasteiger charge is 2.35. The number of hydrogen-bond donors (Lipinski definition) is 14. The van der Waals surface area contributed by atoms with Crippen LogP contribution < -0.4 is 43.4 Å². The van der Waals surface area contributed by atoms with E-state index < -0.39 is 83.8 Å². The van der Waals surface area contributed by atoms with Gasteiger partial charge in [-0.2, -0.15) is 25.3 Å². The van der Waals surface area contributed by atoms with Crippen molar-refractivity contribution in [2.45, 2.75) is 107 Å². The second-order valence-corrected chi connectivity index (χ2v) is 19.9. The number of carbonyl (C=O) groups is 7. The van der Waals surface area contributed by atoms with Crippen LogP contribution in [0.25, 0.3) is 21.7 Å². The molecule has 0 spiro atoms. The van der Waals surface area contributed by atoms with Crippen molar-refractivity contribution in [3.63, 3.8) is 0 Å². The number of benzene rings is 5. The number of hydrogen-bond acceptors (Lipinski definition) is 14. The van der Waals surface area contributed by atoms with Gasteiger partial charge in [0.15, 0.2) is 5.78 Å². The van der Waals surface area contributed by atoms with Crippen LogP contribution in [-0.2, 0) is 59.2 Å². The van der Waals surface area contributed by atoms with Crippen molar-refractivity contribution in [3.8, 4) is 11.5 Å². The van der Waals surface area contributed by atoms with E-state index in [1.54, 1.807) is 30.5 Å². The summed E-state index contributed by atoms with van der Waals surface area (Å²) < 4.78 is 0. The predicted octanol–water partition coefficient (Wildman–Crippen LogP) is 2.57. The lowest BCUT2D eigenvalue weighted by Crippen LogP contribution is -2.62. The quantitative estimate of drug-likeness (QED) is 0.0238. The van der Waals surface area contributed by atoms with Crippen LogP contribution in [0.4, 0.5) is 0 Å². The van der Waals surface area contributed by atoms with Crippen molar-refractivity contribution in [2.75, 3.05) is 18.1 Å². The lowest BCUT2D eigenvalue weighted by Gasteiger charge is -2.28. The van der Waals surface area contributed by atoms with Gasteiger partial charge in [0.1, 0.15) is 41.7 Å². The van der Waals surface area contributed by atoms with E-state index in [9.17, 15) is 48.9 Å². The number of aromatic hydroxyl groups is 2. The second-order valence-electron chi connectivity index (χ2n) is 19.2. The van der Waals surface area contributed by atoms with Crippen LogP contribution in [0.3, 0.4) is 0 Å². The first kappa shape index (κ1) is 59.8. The third-order valence-electron chi connectivity index (χ3n) is 13.3. The number of rotatable bonds is 29. The van der Waals surface area contributed by atoms with Crippen LogP contribution in [0.15, 0.2) is 121 Å². The van der Waals surface area contributed by atoms with Gasteiger partial charge in [-0.15, -0.1) is 0 Å². The Morgan fingerprint density at radius 3 is 1.71 bits per heavy atom. The van der Waals surface area contributed by atoms with Gasteiger partial charge in [-0.3, -0.25) is 33.6 Å². The summed E-state index contributed by atoms with van der Waals surface area (Å²) in [7, 11) is 0. The normalized spacial score (nSPS) is 14.4. The molecular weight excluding hydrogens is 1030 g/mol. The summed E-state index contributed by atoms with van der Waals surface area (Å²) in [5, 5.41) is 49.6. The van der Waals surface area contributed by atoms with Gasteiger partial charge in [0, 0.05) is 47.9 Å². The minimum Gasteiger partial charge on any atom is -0.508 e. The number of phenols is 2. The fraction of sp³-hybridized carbons (Fsp3) is 0.351. The second kappa shape index (κ2) is 29.4. The Bertz CT molecular complexity index is 3010. The smallest absolute Gasteiger partial charge is 0.245 e. The van der Waals surface area contributed by atoms with Gasteiger partial charge in [0.2, 0.25) is 35.4 Å². The molecule has 21 heteroatoms. The highest BCUT2D eigenvalue weighted by atomic mass is 32.1. The lowest BCUT2D eigenvalue weighted by molar-refractivity contribution is -0.136. The third kappa shape index (κ3) is 17.0. The molecule has 6 amide bonds. The number of unbranched alkanes of at least 4 members (excludes halogenated alkanes) is 1. The van der Waals surface area contributed by atoms with E-state index in [-0.39, 0.29) is 67.4 Å². The molecule has 0 fully saturated rings. The highest BCUT2D eigenvalue weighted by Crippen LogP contribution is 2.22. The number of aromatic amines is 1. The van der Waals surface area contributed by atoms with Gasteiger partial charge in [-0.1, -0.05) is 84.9 Å². The molecule has 3 unspecified atom stereocenters. The largest absolute Gasteiger partial charge is 0.508 e. The Morgan fingerprint density at radius 1 is 0.551 bits per heavy atom. The van der Waals surface area contributed by atoms with E-state index >= 15 is 0 Å². The average Bonchev–Trinajstić information content (AvgIpc) is 3.85. The number of phenolic OH excluding ortho intramolecular Hbond substituents is 2. The van der Waals surface area contributed by atoms with Gasteiger partial charge in [0.05, 0.1) is 18.2 Å². The molecule has 1 aromatic heterocycles.